The molecule has 14 atom stereocenters. The van der Waals surface area contributed by atoms with Crippen molar-refractivity contribution >= 4 is 12.1 Å². The van der Waals surface area contributed by atoms with Gasteiger partial charge in [0.2, 0.25) is 0 Å². The number of likely N-dealkylation sites (N-methyl/N-ethyl adjacent to an activating group) is 2. The number of aliphatic hydroxyl groups excluding tert-OH is 2. The van der Waals surface area contributed by atoms with Gasteiger partial charge in [-0.1, -0.05) is 25.9 Å². The summed E-state index contributed by atoms with van der Waals surface area (Å²) in [4.78, 5) is 36.2. The summed E-state index contributed by atoms with van der Waals surface area (Å²) in [7, 11) is 7.45. The smallest absolute Gasteiger partial charge is 0.410 e. The second kappa shape index (κ2) is 18.2. The third kappa shape index (κ3) is 9.66. The summed E-state index contributed by atoms with van der Waals surface area (Å²) >= 11 is 0. The molecule has 3 aliphatic heterocycles. The maximum absolute atomic E-state index is 14.0. The van der Waals surface area contributed by atoms with Crippen LogP contribution in [0.3, 0.4) is 0 Å². The maximum atomic E-state index is 14.0. The van der Waals surface area contributed by atoms with Crippen molar-refractivity contribution in [3.05, 3.63) is 10.4 Å². The number of carbonyl (C=O) groups excluding carboxylic acids is 2. The monoisotopic (exact) mass is 726 g/mol. The number of unbranched alkanes of at least 4 members (excludes halogenated alkanes) is 1. The van der Waals surface area contributed by atoms with Crippen LogP contribution >= 0.6 is 0 Å². The lowest BCUT2D eigenvalue weighted by Gasteiger charge is -2.48. The highest BCUT2D eigenvalue weighted by Gasteiger charge is 2.59. The van der Waals surface area contributed by atoms with E-state index in [1.165, 1.54) is 0 Å². The second-order valence-electron chi connectivity index (χ2n) is 16.0. The molecular weight excluding hydrogens is 660 g/mol. The molecule has 0 spiro atoms. The van der Waals surface area contributed by atoms with E-state index in [9.17, 15) is 19.8 Å². The fraction of sp³-hybridized carbons (Fsp3) is 0.944. The number of nitrogens with zero attached hydrogens (tertiary/aromatic N) is 6. The number of cyclic esters (lactones) is 1. The Balaban J connectivity index is 2.06. The van der Waals surface area contributed by atoms with E-state index in [1.54, 1.807) is 18.9 Å². The van der Waals surface area contributed by atoms with Crippen LogP contribution in [0.4, 0.5) is 4.79 Å². The van der Waals surface area contributed by atoms with Crippen molar-refractivity contribution in [3.8, 4) is 0 Å². The highest BCUT2D eigenvalue weighted by atomic mass is 16.7. The van der Waals surface area contributed by atoms with Gasteiger partial charge in [0.1, 0.15) is 12.2 Å². The number of hydrogen-bond acceptors (Lipinski definition) is 12. The van der Waals surface area contributed by atoms with Crippen molar-refractivity contribution in [2.24, 2.45) is 22.9 Å². The third-order valence-electron chi connectivity index (χ3n) is 11.7. The summed E-state index contributed by atoms with van der Waals surface area (Å²) in [5, 5.41) is 26.9. The molecule has 0 bridgehead atoms. The molecule has 3 aliphatic rings. The van der Waals surface area contributed by atoms with Crippen LogP contribution < -0.4 is 0 Å². The van der Waals surface area contributed by atoms with Gasteiger partial charge in [-0.25, -0.2) is 4.79 Å². The van der Waals surface area contributed by atoms with Crippen LogP contribution in [0, 0.1) is 17.8 Å². The molecule has 2 N–H and O–H groups in total. The molecule has 0 aromatic rings. The predicted octanol–water partition coefficient (Wildman–Crippen LogP) is 4.19. The van der Waals surface area contributed by atoms with E-state index in [2.05, 4.69) is 28.8 Å². The third-order valence-corrected chi connectivity index (χ3v) is 11.7. The van der Waals surface area contributed by atoms with Gasteiger partial charge in [-0.15, -0.1) is 0 Å². The van der Waals surface area contributed by atoms with E-state index in [1.807, 2.05) is 60.7 Å². The number of aliphatic hydroxyl groups is 2. The predicted molar refractivity (Wildman–Crippen MR) is 192 cm³/mol. The zero-order valence-electron chi connectivity index (χ0n) is 33.0. The number of methoxy groups -OCH3 is 1. The molecule has 51 heavy (non-hydrogen) atoms. The van der Waals surface area contributed by atoms with Gasteiger partial charge in [0.25, 0.3) is 0 Å². The average Bonchev–Trinajstić information content (AvgIpc) is 3.33. The van der Waals surface area contributed by atoms with Crippen molar-refractivity contribution in [2.45, 2.75) is 154 Å². The van der Waals surface area contributed by atoms with Gasteiger partial charge in [0.05, 0.1) is 35.9 Å². The van der Waals surface area contributed by atoms with Gasteiger partial charge < -0.3 is 43.7 Å². The van der Waals surface area contributed by atoms with Gasteiger partial charge in [-0.2, -0.15) is 0 Å². The zero-order chi connectivity index (χ0) is 38.4. The van der Waals surface area contributed by atoms with Crippen LogP contribution in [0.15, 0.2) is 5.11 Å². The first-order valence-electron chi connectivity index (χ1n) is 18.7. The number of carbonyl (C=O) groups is 2. The maximum Gasteiger partial charge on any atom is 0.410 e. The molecule has 294 valence electrons. The lowest BCUT2D eigenvalue weighted by Crippen LogP contribution is -2.61. The SMILES string of the molecule is CC[C@H]1OC(=O)[C@H](C)C(O)[C@H](C)[C@@H](O[C@@H]2O[C@H](C)CC(N(C)C)[C@H]2O)[C@](C)(OC)C[C@@H](C)CN(C)[C@H](C)[C@H]2N(CCCCN=[N+]=[N-])C(=O)O[C@]12C. The quantitative estimate of drug-likeness (QED) is 0.108. The number of amides is 1. The number of rotatable bonds is 10. The number of fused-ring (bicyclic) bond motifs is 1. The molecule has 15 heteroatoms. The molecule has 3 saturated heterocycles. The topological polar surface area (TPSA) is 179 Å². The zero-order valence-corrected chi connectivity index (χ0v) is 33.0. The minimum absolute atomic E-state index is 0.0347. The number of hydrogen-bond donors (Lipinski definition) is 2. The highest BCUT2D eigenvalue weighted by molar-refractivity contribution is 5.74. The van der Waals surface area contributed by atoms with Crippen LogP contribution in [0.2, 0.25) is 0 Å². The van der Waals surface area contributed by atoms with Crippen LogP contribution in [0.5, 0.6) is 0 Å². The van der Waals surface area contributed by atoms with E-state index in [0.29, 0.717) is 51.7 Å². The Hall–Kier alpha value is -2.23. The summed E-state index contributed by atoms with van der Waals surface area (Å²) in [6, 6.07) is -0.911. The van der Waals surface area contributed by atoms with Gasteiger partial charge in [0, 0.05) is 49.7 Å². The Morgan fingerprint density at radius 2 is 1.76 bits per heavy atom. The van der Waals surface area contributed by atoms with Crippen molar-refractivity contribution in [1.29, 1.82) is 0 Å². The minimum Gasteiger partial charge on any atom is -0.458 e. The van der Waals surface area contributed by atoms with Gasteiger partial charge in [-0.3, -0.25) is 9.69 Å². The van der Waals surface area contributed by atoms with Crippen molar-refractivity contribution in [1.82, 2.24) is 14.7 Å². The Kier molecular flexibility index (Phi) is 15.4. The van der Waals surface area contributed by atoms with Gasteiger partial charge >= 0.3 is 12.1 Å². The molecular formula is C36H66N6O9. The average molecular weight is 727 g/mol. The molecule has 3 rings (SSSR count). The largest absolute Gasteiger partial charge is 0.458 e. The summed E-state index contributed by atoms with van der Waals surface area (Å²) in [5.41, 5.74) is 6.52. The lowest BCUT2D eigenvalue weighted by molar-refractivity contribution is -0.301. The molecule has 0 aliphatic carbocycles. The summed E-state index contributed by atoms with van der Waals surface area (Å²) in [6.45, 7) is 16.6. The van der Waals surface area contributed by atoms with Crippen LogP contribution in [0.25, 0.3) is 10.4 Å². The van der Waals surface area contributed by atoms with Crippen molar-refractivity contribution < 1.29 is 43.5 Å². The standard InChI is InChI=1S/C36H66N6O9/c1-13-27-36(8)30(42(34(46)51-36)17-15-14-16-38-39-37)25(6)41(11)20-21(2)19-35(7,47-12)31(23(4)28(43)24(5)32(45)49-27)50-33-29(44)26(40(9)10)18-22(3)48-33/h21-31,33,43-44H,13-20H2,1-12H3/t21-,22-,23+,24-,25-,26?,27-,28?,29-,30-,31-,33+,35-,36-/m1/s1. The molecule has 2 unspecified atom stereocenters. The first-order valence-corrected chi connectivity index (χ1v) is 18.7. The molecule has 1 amide bonds. The molecule has 0 saturated carbocycles. The molecule has 3 heterocycles. The number of esters is 1. The van der Waals surface area contributed by atoms with E-state index in [4.69, 9.17) is 29.2 Å². The minimum atomic E-state index is -1.22. The van der Waals surface area contributed by atoms with Crippen LogP contribution in [-0.4, -0.2) is 151 Å². The fourth-order valence-corrected chi connectivity index (χ4v) is 8.69. The molecule has 0 aromatic heterocycles. The number of ether oxygens (including phenoxy) is 5. The second-order valence-corrected chi connectivity index (χ2v) is 16.0. The Bertz CT molecular complexity index is 1210. The highest BCUT2D eigenvalue weighted by Crippen LogP contribution is 2.41. The first-order chi connectivity index (χ1) is 23.9. The van der Waals surface area contributed by atoms with Crippen LogP contribution in [-0.2, 0) is 28.5 Å². The molecule has 0 aromatic carbocycles. The van der Waals surface area contributed by atoms with Crippen molar-refractivity contribution in [2.75, 3.05) is 47.9 Å². The summed E-state index contributed by atoms with van der Waals surface area (Å²) in [6.07, 6.45) is -2.72. The Labute approximate surface area is 304 Å². The van der Waals surface area contributed by atoms with E-state index >= 15 is 0 Å². The molecule has 3 fully saturated rings. The van der Waals surface area contributed by atoms with E-state index in [0.717, 1.165) is 0 Å². The summed E-state index contributed by atoms with van der Waals surface area (Å²) < 4.78 is 31.5. The fourth-order valence-electron chi connectivity index (χ4n) is 8.69. The first kappa shape index (κ1) is 43.2. The summed E-state index contributed by atoms with van der Waals surface area (Å²) in [5.74, 6) is -2.23. The van der Waals surface area contributed by atoms with E-state index in [-0.39, 0.29) is 24.1 Å². The van der Waals surface area contributed by atoms with Crippen LogP contribution in [0.1, 0.15) is 87.5 Å². The normalized spacial score (nSPS) is 42.0. The number of azide groups is 1. The molecule has 0 radical (unpaired) electrons. The lowest BCUT2D eigenvalue weighted by atomic mass is 9.77. The van der Waals surface area contributed by atoms with Gasteiger partial charge in [-0.05, 0) is 99.3 Å². The van der Waals surface area contributed by atoms with Crippen molar-refractivity contribution in [3.63, 3.8) is 0 Å². The Morgan fingerprint density at radius 3 is 2.35 bits per heavy atom. The Morgan fingerprint density at radius 1 is 1.10 bits per heavy atom. The van der Waals surface area contributed by atoms with Gasteiger partial charge in [0.15, 0.2) is 11.9 Å². The van der Waals surface area contributed by atoms with E-state index < -0.39 is 71.8 Å². The molecule has 15 nitrogen and oxygen atoms in total.